The van der Waals surface area contributed by atoms with Crippen molar-refractivity contribution in [3.63, 3.8) is 0 Å². The highest BCUT2D eigenvalue weighted by Gasteiger charge is 2.17. The first-order valence-corrected chi connectivity index (χ1v) is 9.54. The molecular weight excluding hydrogens is 360 g/mol. The molecule has 140 valence electrons. The van der Waals surface area contributed by atoms with Gasteiger partial charge in [0.05, 0.1) is 5.56 Å². The fraction of sp³-hybridized carbons (Fsp3) is 0.0417. The van der Waals surface area contributed by atoms with Crippen LogP contribution in [0.1, 0.15) is 0 Å². The average molecular weight is 378 g/mol. The van der Waals surface area contributed by atoms with Gasteiger partial charge in [0.2, 0.25) is 5.89 Å². The number of rotatable bonds is 3. The SMILES string of the molecule is Cn1cc(-c2nc3c(ccn3-c3cccc(-n4cccc4)c3)o2)c2ccccc21. The van der Waals surface area contributed by atoms with Gasteiger partial charge in [-0.15, -0.1) is 0 Å². The molecule has 0 saturated heterocycles. The van der Waals surface area contributed by atoms with Crippen LogP contribution >= 0.6 is 0 Å². The van der Waals surface area contributed by atoms with Crippen LogP contribution in [0, 0.1) is 0 Å². The molecule has 0 atom stereocenters. The number of para-hydroxylation sites is 1. The van der Waals surface area contributed by atoms with E-state index in [4.69, 9.17) is 9.40 Å². The van der Waals surface area contributed by atoms with Crippen molar-refractivity contribution in [1.82, 2.24) is 18.7 Å². The van der Waals surface area contributed by atoms with E-state index in [0.29, 0.717) is 5.89 Å². The first-order valence-electron chi connectivity index (χ1n) is 9.54. The zero-order chi connectivity index (χ0) is 19.4. The van der Waals surface area contributed by atoms with E-state index in [9.17, 15) is 0 Å². The second kappa shape index (κ2) is 6.01. The Hall–Kier alpha value is -3.99. The largest absolute Gasteiger partial charge is 0.434 e. The van der Waals surface area contributed by atoms with Gasteiger partial charge in [0, 0.05) is 60.2 Å². The summed E-state index contributed by atoms with van der Waals surface area (Å²) in [5.41, 5.74) is 5.91. The van der Waals surface area contributed by atoms with Gasteiger partial charge in [-0.3, -0.25) is 4.57 Å². The second-order valence-corrected chi connectivity index (χ2v) is 7.17. The lowest BCUT2D eigenvalue weighted by Gasteiger charge is -2.07. The van der Waals surface area contributed by atoms with Gasteiger partial charge in [-0.2, -0.15) is 4.98 Å². The molecule has 2 aromatic carbocycles. The molecule has 0 amide bonds. The molecule has 5 heteroatoms. The molecule has 0 saturated carbocycles. The highest BCUT2D eigenvalue weighted by Crippen LogP contribution is 2.33. The molecule has 4 heterocycles. The molecular formula is C24H18N4O. The highest BCUT2D eigenvalue weighted by molar-refractivity contribution is 5.95. The maximum atomic E-state index is 6.13. The van der Waals surface area contributed by atoms with Gasteiger partial charge in [0.25, 0.3) is 0 Å². The number of benzene rings is 2. The number of hydrogen-bond donors (Lipinski definition) is 0. The third kappa shape index (κ3) is 2.44. The minimum Gasteiger partial charge on any atom is -0.434 e. The number of nitrogens with zero attached hydrogens (tertiary/aromatic N) is 4. The van der Waals surface area contributed by atoms with E-state index in [2.05, 4.69) is 56.3 Å². The molecule has 0 radical (unpaired) electrons. The third-order valence-corrected chi connectivity index (χ3v) is 5.38. The van der Waals surface area contributed by atoms with E-state index in [0.717, 1.165) is 39.1 Å². The molecule has 0 unspecified atom stereocenters. The standard InChI is InChI=1S/C24H18N4O/c1-26-16-20(19-9-2-3-10-21(19)26)24-25-23-22(29-24)11-14-28(23)18-8-6-7-17(15-18)27-12-4-5-13-27/h2-16H,1H3. The fourth-order valence-corrected chi connectivity index (χ4v) is 3.96. The Morgan fingerprint density at radius 3 is 2.55 bits per heavy atom. The van der Waals surface area contributed by atoms with Crippen molar-refractivity contribution >= 4 is 22.1 Å². The van der Waals surface area contributed by atoms with Crippen LogP contribution in [0.15, 0.2) is 95.9 Å². The van der Waals surface area contributed by atoms with Gasteiger partial charge in [0.1, 0.15) is 0 Å². The Morgan fingerprint density at radius 2 is 1.66 bits per heavy atom. The lowest BCUT2D eigenvalue weighted by Crippen LogP contribution is -1.96. The van der Waals surface area contributed by atoms with Crippen LogP contribution in [0.5, 0.6) is 0 Å². The Bertz CT molecular complexity index is 1460. The molecule has 0 fully saturated rings. The molecule has 0 spiro atoms. The molecule has 6 rings (SSSR count). The van der Waals surface area contributed by atoms with Crippen LogP contribution < -0.4 is 0 Å². The minimum atomic E-state index is 0.641. The van der Waals surface area contributed by atoms with Gasteiger partial charge >= 0.3 is 0 Å². The predicted octanol–water partition coefficient (Wildman–Crippen LogP) is 5.57. The highest BCUT2D eigenvalue weighted by atomic mass is 16.3. The van der Waals surface area contributed by atoms with Crippen molar-refractivity contribution in [2.45, 2.75) is 0 Å². The predicted molar refractivity (Wildman–Crippen MR) is 115 cm³/mol. The smallest absolute Gasteiger partial charge is 0.231 e. The minimum absolute atomic E-state index is 0.641. The van der Waals surface area contributed by atoms with Crippen molar-refractivity contribution in [3.8, 4) is 22.8 Å². The third-order valence-electron chi connectivity index (χ3n) is 5.38. The van der Waals surface area contributed by atoms with Gasteiger partial charge in [-0.1, -0.05) is 24.3 Å². The first-order chi connectivity index (χ1) is 14.3. The summed E-state index contributed by atoms with van der Waals surface area (Å²) >= 11 is 0. The summed E-state index contributed by atoms with van der Waals surface area (Å²) in [5, 5.41) is 1.14. The van der Waals surface area contributed by atoms with Crippen molar-refractivity contribution in [2.75, 3.05) is 0 Å². The van der Waals surface area contributed by atoms with Crippen LogP contribution in [-0.4, -0.2) is 18.7 Å². The maximum absolute atomic E-state index is 6.13. The molecule has 0 aliphatic heterocycles. The van der Waals surface area contributed by atoms with Gasteiger partial charge in [-0.25, -0.2) is 0 Å². The summed E-state index contributed by atoms with van der Waals surface area (Å²) in [6.45, 7) is 0. The molecule has 0 aliphatic rings. The molecule has 29 heavy (non-hydrogen) atoms. The average Bonchev–Trinajstić information content (AvgIpc) is 3.52. The summed E-state index contributed by atoms with van der Waals surface area (Å²) in [6, 6.07) is 22.7. The first kappa shape index (κ1) is 16.0. The number of hydrogen-bond acceptors (Lipinski definition) is 2. The molecule has 0 N–H and O–H groups in total. The zero-order valence-corrected chi connectivity index (χ0v) is 15.9. The Morgan fingerprint density at radius 1 is 0.828 bits per heavy atom. The van der Waals surface area contributed by atoms with Gasteiger partial charge in [-0.05, 0) is 36.4 Å². The van der Waals surface area contributed by atoms with Crippen molar-refractivity contribution in [1.29, 1.82) is 0 Å². The Balaban J connectivity index is 1.49. The van der Waals surface area contributed by atoms with Crippen molar-refractivity contribution in [3.05, 3.63) is 91.5 Å². The van der Waals surface area contributed by atoms with E-state index in [1.807, 2.05) is 56.0 Å². The Kier molecular flexibility index (Phi) is 3.32. The van der Waals surface area contributed by atoms with Crippen LogP contribution in [0.2, 0.25) is 0 Å². The van der Waals surface area contributed by atoms with Gasteiger partial charge < -0.3 is 13.6 Å². The lowest BCUT2D eigenvalue weighted by molar-refractivity contribution is 0.620. The topological polar surface area (TPSA) is 40.8 Å². The van der Waals surface area contributed by atoms with Crippen molar-refractivity contribution in [2.24, 2.45) is 7.05 Å². The van der Waals surface area contributed by atoms with E-state index in [1.54, 1.807) is 0 Å². The van der Waals surface area contributed by atoms with Gasteiger partial charge in [0.15, 0.2) is 11.2 Å². The van der Waals surface area contributed by atoms with Crippen LogP contribution in [0.4, 0.5) is 0 Å². The molecule has 5 nitrogen and oxygen atoms in total. The number of aryl methyl sites for hydroxylation is 1. The van der Waals surface area contributed by atoms with E-state index < -0.39 is 0 Å². The molecule has 4 aromatic heterocycles. The fourth-order valence-electron chi connectivity index (χ4n) is 3.96. The molecule has 0 bridgehead atoms. The normalized spacial score (nSPS) is 11.6. The van der Waals surface area contributed by atoms with E-state index in [-0.39, 0.29) is 0 Å². The van der Waals surface area contributed by atoms with Crippen LogP contribution in [0.3, 0.4) is 0 Å². The monoisotopic (exact) mass is 378 g/mol. The van der Waals surface area contributed by atoms with Crippen LogP contribution in [-0.2, 0) is 7.05 Å². The zero-order valence-electron chi connectivity index (χ0n) is 15.9. The molecule has 0 aliphatic carbocycles. The van der Waals surface area contributed by atoms with Crippen molar-refractivity contribution < 1.29 is 4.42 Å². The van der Waals surface area contributed by atoms with E-state index >= 15 is 0 Å². The summed E-state index contributed by atoms with van der Waals surface area (Å²) < 4.78 is 12.4. The second-order valence-electron chi connectivity index (χ2n) is 7.17. The van der Waals surface area contributed by atoms with E-state index in [1.165, 1.54) is 0 Å². The summed E-state index contributed by atoms with van der Waals surface area (Å²) in [7, 11) is 2.04. The maximum Gasteiger partial charge on any atom is 0.231 e. The number of aromatic nitrogens is 4. The number of oxazole rings is 1. The Labute approximate surface area is 167 Å². The summed E-state index contributed by atoms with van der Waals surface area (Å²) in [4.78, 5) is 4.85. The summed E-state index contributed by atoms with van der Waals surface area (Å²) in [6.07, 6.45) is 8.16. The summed E-state index contributed by atoms with van der Waals surface area (Å²) in [5.74, 6) is 0.641. The lowest BCUT2D eigenvalue weighted by atomic mass is 10.2. The van der Waals surface area contributed by atoms with Crippen LogP contribution in [0.25, 0.3) is 45.0 Å². The number of fused-ring (bicyclic) bond motifs is 2. The quantitative estimate of drug-likeness (QED) is 0.404. The molecule has 6 aromatic rings.